The van der Waals surface area contributed by atoms with E-state index in [0.717, 1.165) is 31.6 Å². The molecule has 1 aromatic rings. The number of nitrogen functional groups attached to an aromatic ring is 1. The molecule has 1 rings (SSSR count). The van der Waals surface area contributed by atoms with Gasteiger partial charge in [0.2, 0.25) is 0 Å². The molecule has 0 bridgehead atoms. The number of nitrogens with zero attached hydrogens (tertiary/aromatic N) is 2. The third kappa shape index (κ3) is 5.12. The maximum absolute atomic E-state index is 12.6. The van der Waals surface area contributed by atoms with Crippen LogP contribution in [0, 0.1) is 6.92 Å². The van der Waals surface area contributed by atoms with Crippen LogP contribution in [-0.4, -0.2) is 28.9 Å². The van der Waals surface area contributed by atoms with Crippen LogP contribution in [0.1, 0.15) is 67.7 Å². The fraction of sp³-hybridized carbons (Fsp3) is 0.733. The lowest BCUT2D eigenvalue weighted by molar-refractivity contribution is 0.0753. The summed E-state index contributed by atoms with van der Waals surface area (Å²) in [7, 11) is 0. The second-order valence-electron chi connectivity index (χ2n) is 5.17. The predicted octanol–water partition coefficient (Wildman–Crippen LogP) is 3.86. The van der Waals surface area contributed by atoms with Gasteiger partial charge >= 0.3 is 0 Å². The first-order valence-electron chi connectivity index (χ1n) is 7.62. The Kier molecular flexibility index (Phi) is 7.59. The Balaban J connectivity index is 2.69. The molecule has 1 amide bonds. The zero-order valence-corrected chi connectivity index (χ0v) is 13.8. The predicted molar refractivity (Wildman–Crippen MR) is 86.2 cm³/mol. The Morgan fingerprint density at radius 3 is 2.10 bits per heavy atom. The Bertz CT molecular complexity index is 407. The first-order valence-corrected chi connectivity index (χ1v) is 8.44. The third-order valence-electron chi connectivity index (χ3n) is 3.36. The lowest BCUT2D eigenvalue weighted by Crippen LogP contribution is -2.33. The molecule has 0 aliphatic rings. The average Bonchev–Trinajstić information content (AvgIpc) is 2.75. The Labute approximate surface area is 126 Å². The van der Waals surface area contributed by atoms with Crippen LogP contribution in [-0.2, 0) is 0 Å². The smallest absolute Gasteiger partial charge is 0.265 e. The van der Waals surface area contributed by atoms with Gasteiger partial charge in [-0.15, -0.1) is 0 Å². The van der Waals surface area contributed by atoms with Crippen molar-refractivity contribution in [2.24, 2.45) is 0 Å². The van der Waals surface area contributed by atoms with E-state index in [-0.39, 0.29) is 5.91 Å². The molecule has 2 N–H and O–H groups in total. The van der Waals surface area contributed by atoms with E-state index in [9.17, 15) is 4.79 Å². The standard InChI is InChI=1S/C15H27N3OS/c1-4-6-8-10-18(11-9-7-5-2)14(19)13-12(3)17-15(16)20-13/h4-11H2,1-3H3,(H2,16,17). The first kappa shape index (κ1) is 17.0. The number of hydrogen-bond donors (Lipinski definition) is 1. The van der Waals surface area contributed by atoms with Gasteiger partial charge in [-0.25, -0.2) is 4.98 Å². The first-order chi connectivity index (χ1) is 9.60. The molecule has 0 fully saturated rings. The van der Waals surface area contributed by atoms with Crippen molar-refractivity contribution in [3.05, 3.63) is 10.6 Å². The molecule has 1 aromatic heterocycles. The number of rotatable bonds is 9. The van der Waals surface area contributed by atoms with Crippen LogP contribution in [0.2, 0.25) is 0 Å². The topological polar surface area (TPSA) is 59.2 Å². The molecule has 0 radical (unpaired) electrons. The number of hydrogen-bond acceptors (Lipinski definition) is 4. The summed E-state index contributed by atoms with van der Waals surface area (Å²) < 4.78 is 0. The Hall–Kier alpha value is -1.10. The Morgan fingerprint density at radius 2 is 1.70 bits per heavy atom. The van der Waals surface area contributed by atoms with Crippen molar-refractivity contribution in [1.82, 2.24) is 9.88 Å². The van der Waals surface area contributed by atoms with Crippen LogP contribution >= 0.6 is 11.3 Å². The van der Waals surface area contributed by atoms with Crippen LogP contribution in [0.15, 0.2) is 0 Å². The monoisotopic (exact) mass is 297 g/mol. The number of aromatic nitrogens is 1. The normalized spacial score (nSPS) is 10.8. The van der Waals surface area contributed by atoms with Crippen molar-refractivity contribution in [3.63, 3.8) is 0 Å². The highest BCUT2D eigenvalue weighted by atomic mass is 32.1. The van der Waals surface area contributed by atoms with E-state index in [1.54, 1.807) is 0 Å². The molecule has 0 spiro atoms. The van der Waals surface area contributed by atoms with Gasteiger partial charge in [0.1, 0.15) is 4.88 Å². The molecule has 20 heavy (non-hydrogen) atoms. The highest BCUT2D eigenvalue weighted by Gasteiger charge is 2.20. The van der Waals surface area contributed by atoms with Gasteiger partial charge in [0.05, 0.1) is 5.69 Å². The minimum atomic E-state index is 0.101. The Morgan fingerprint density at radius 1 is 1.15 bits per heavy atom. The van der Waals surface area contributed by atoms with Crippen molar-refractivity contribution in [1.29, 1.82) is 0 Å². The number of unbranched alkanes of at least 4 members (excludes halogenated alkanes) is 4. The zero-order chi connectivity index (χ0) is 15.0. The van der Waals surface area contributed by atoms with E-state index in [4.69, 9.17) is 5.73 Å². The molecule has 5 heteroatoms. The highest BCUT2D eigenvalue weighted by molar-refractivity contribution is 7.17. The second-order valence-corrected chi connectivity index (χ2v) is 6.20. The van der Waals surface area contributed by atoms with Gasteiger partial charge < -0.3 is 10.6 Å². The van der Waals surface area contributed by atoms with Crippen molar-refractivity contribution in [2.45, 2.75) is 59.3 Å². The van der Waals surface area contributed by atoms with Crippen molar-refractivity contribution >= 4 is 22.4 Å². The number of anilines is 1. The summed E-state index contributed by atoms with van der Waals surface area (Å²) in [5, 5.41) is 0.480. The SMILES string of the molecule is CCCCCN(CCCCC)C(=O)c1sc(N)nc1C. The highest BCUT2D eigenvalue weighted by Crippen LogP contribution is 2.22. The number of aryl methyl sites for hydroxylation is 1. The summed E-state index contributed by atoms with van der Waals surface area (Å²) in [4.78, 5) is 19.4. The maximum Gasteiger partial charge on any atom is 0.265 e. The fourth-order valence-electron chi connectivity index (χ4n) is 2.18. The molecule has 0 aliphatic carbocycles. The minimum Gasteiger partial charge on any atom is -0.375 e. The molecule has 0 aliphatic heterocycles. The molecule has 0 saturated carbocycles. The summed E-state index contributed by atoms with van der Waals surface area (Å²) in [6.07, 6.45) is 6.82. The van der Waals surface area contributed by atoms with E-state index < -0.39 is 0 Å². The largest absolute Gasteiger partial charge is 0.375 e. The van der Waals surface area contributed by atoms with Crippen LogP contribution in [0.25, 0.3) is 0 Å². The van der Waals surface area contributed by atoms with Gasteiger partial charge in [-0.1, -0.05) is 50.9 Å². The minimum absolute atomic E-state index is 0.101. The molecular formula is C15H27N3OS. The van der Waals surface area contributed by atoms with E-state index in [0.29, 0.717) is 10.0 Å². The summed E-state index contributed by atoms with van der Waals surface area (Å²) in [5.74, 6) is 0.101. The van der Waals surface area contributed by atoms with Crippen LogP contribution in [0.3, 0.4) is 0 Å². The lowest BCUT2D eigenvalue weighted by atomic mass is 10.2. The van der Waals surface area contributed by atoms with Gasteiger partial charge in [0.25, 0.3) is 5.91 Å². The van der Waals surface area contributed by atoms with E-state index >= 15 is 0 Å². The van der Waals surface area contributed by atoms with Crippen LogP contribution in [0.5, 0.6) is 0 Å². The molecular weight excluding hydrogens is 270 g/mol. The summed E-state index contributed by atoms with van der Waals surface area (Å²) >= 11 is 1.30. The summed E-state index contributed by atoms with van der Waals surface area (Å²) in [6.45, 7) is 7.90. The van der Waals surface area contributed by atoms with Gasteiger partial charge in [0.15, 0.2) is 5.13 Å². The number of carbonyl (C=O) groups excluding carboxylic acids is 1. The van der Waals surface area contributed by atoms with Crippen LogP contribution in [0.4, 0.5) is 5.13 Å². The van der Waals surface area contributed by atoms with Gasteiger partial charge in [0, 0.05) is 13.1 Å². The third-order valence-corrected chi connectivity index (χ3v) is 4.33. The van der Waals surface area contributed by atoms with Crippen molar-refractivity contribution < 1.29 is 4.79 Å². The number of thiazole rings is 1. The molecule has 0 unspecified atom stereocenters. The maximum atomic E-state index is 12.6. The second kappa shape index (κ2) is 8.95. The quantitative estimate of drug-likeness (QED) is 0.704. The molecule has 0 atom stereocenters. The molecule has 4 nitrogen and oxygen atoms in total. The number of amides is 1. The van der Waals surface area contributed by atoms with Gasteiger partial charge in [-0.2, -0.15) is 0 Å². The number of carbonyl (C=O) groups is 1. The number of nitrogens with two attached hydrogens (primary N) is 1. The van der Waals surface area contributed by atoms with Crippen molar-refractivity contribution in [3.8, 4) is 0 Å². The zero-order valence-electron chi connectivity index (χ0n) is 12.9. The summed E-state index contributed by atoms with van der Waals surface area (Å²) in [5.41, 5.74) is 6.46. The molecule has 0 saturated heterocycles. The molecule has 0 aromatic carbocycles. The van der Waals surface area contributed by atoms with E-state index in [2.05, 4.69) is 18.8 Å². The molecule has 1 heterocycles. The molecule has 114 valence electrons. The van der Waals surface area contributed by atoms with Crippen molar-refractivity contribution in [2.75, 3.05) is 18.8 Å². The van der Waals surface area contributed by atoms with Gasteiger partial charge in [-0.3, -0.25) is 4.79 Å². The van der Waals surface area contributed by atoms with Crippen LogP contribution < -0.4 is 5.73 Å². The lowest BCUT2D eigenvalue weighted by Gasteiger charge is -2.22. The fourth-order valence-corrected chi connectivity index (χ4v) is 2.98. The van der Waals surface area contributed by atoms with E-state index in [1.807, 2.05) is 11.8 Å². The summed E-state index contributed by atoms with van der Waals surface area (Å²) in [6, 6.07) is 0. The average molecular weight is 297 g/mol. The van der Waals surface area contributed by atoms with Gasteiger partial charge in [-0.05, 0) is 19.8 Å². The van der Waals surface area contributed by atoms with E-state index in [1.165, 1.54) is 37.0 Å².